The van der Waals surface area contributed by atoms with Crippen molar-refractivity contribution in [2.24, 2.45) is 0 Å². The summed E-state index contributed by atoms with van der Waals surface area (Å²) >= 11 is 0. The Hall–Kier alpha value is -3.76. The van der Waals surface area contributed by atoms with E-state index in [-0.39, 0.29) is 18.4 Å². The quantitative estimate of drug-likeness (QED) is 0.461. The molecule has 3 aromatic rings. The van der Waals surface area contributed by atoms with Crippen LogP contribution >= 0.6 is 0 Å². The molecule has 0 aliphatic carbocycles. The van der Waals surface area contributed by atoms with E-state index in [0.29, 0.717) is 35.3 Å². The number of hydrogen-bond acceptors (Lipinski definition) is 8. The van der Waals surface area contributed by atoms with Gasteiger partial charge in [-0.15, -0.1) is 0 Å². The molecule has 36 heavy (non-hydrogen) atoms. The molecule has 0 unspecified atom stereocenters. The molecule has 1 amide bonds. The van der Waals surface area contributed by atoms with Crippen LogP contribution in [0.1, 0.15) is 22.5 Å². The molecule has 0 spiro atoms. The molecule has 0 bridgehead atoms. The van der Waals surface area contributed by atoms with E-state index in [1.807, 2.05) is 24.3 Å². The van der Waals surface area contributed by atoms with Gasteiger partial charge in [0.15, 0.2) is 11.5 Å². The number of piperazine rings is 1. The zero-order chi connectivity index (χ0) is 25.1. The average molecular weight is 495 g/mol. The summed E-state index contributed by atoms with van der Waals surface area (Å²) in [7, 11) is 2.86. The van der Waals surface area contributed by atoms with Crippen molar-refractivity contribution in [2.45, 2.75) is 13.0 Å². The van der Waals surface area contributed by atoms with Crippen molar-refractivity contribution in [3.63, 3.8) is 0 Å². The molecule has 2 aliphatic heterocycles. The third-order valence-corrected chi connectivity index (χ3v) is 6.62. The smallest absolute Gasteiger partial charge is 0.356 e. The summed E-state index contributed by atoms with van der Waals surface area (Å²) in [5, 5.41) is 3.56. The number of aromatic nitrogens is 1. The van der Waals surface area contributed by atoms with Gasteiger partial charge in [-0.3, -0.25) is 9.69 Å². The zero-order valence-electron chi connectivity index (χ0n) is 20.5. The second kappa shape index (κ2) is 10.5. The van der Waals surface area contributed by atoms with E-state index in [1.165, 1.54) is 12.7 Å². The molecular weight excluding hydrogens is 464 g/mol. The lowest BCUT2D eigenvalue weighted by atomic mass is 10.1. The number of nitrogens with zero attached hydrogens (tertiary/aromatic N) is 2. The van der Waals surface area contributed by atoms with E-state index in [9.17, 15) is 9.59 Å². The fourth-order valence-corrected chi connectivity index (χ4v) is 4.70. The molecule has 2 aliphatic rings. The molecule has 2 N–H and O–H groups in total. The number of esters is 1. The first kappa shape index (κ1) is 24.0. The Balaban J connectivity index is 1.16. The Morgan fingerprint density at radius 2 is 1.81 bits per heavy atom. The summed E-state index contributed by atoms with van der Waals surface area (Å²) in [4.78, 5) is 32.9. The zero-order valence-corrected chi connectivity index (χ0v) is 20.5. The van der Waals surface area contributed by atoms with Crippen LogP contribution in [0.2, 0.25) is 0 Å². The van der Waals surface area contributed by atoms with Gasteiger partial charge in [0.05, 0.1) is 30.8 Å². The van der Waals surface area contributed by atoms with Gasteiger partial charge in [0.25, 0.3) is 0 Å². The fraction of sp³-hybridized carbons (Fsp3) is 0.385. The van der Waals surface area contributed by atoms with Crippen molar-refractivity contribution in [2.75, 3.05) is 59.1 Å². The molecule has 10 nitrogen and oxygen atoms in total. The monoisotopic (exact) mass is 494 g/mol. The van der Waals surface area contributed by atoms with Gasteiger partial charge in [0.1, 0.15) is 11.4 Å². The van der Waals surface area contributed by atoms with Crippen molar-refractivity contribution < 1.29 is 28.5 Å². The number of benzene rings is 2. The number of carbonyl (C=O) groups is 2. The van der Waals surface area contributed by atoms with Gasteiger partial charge in [0, 0.05) is 45.7 Å². The van der Waals surface area contributed by atoms with Crippen molar-refractivity contribution >= 4 is 28.5 Å². The molecule has 0 radical (unpaired) electrons. The number of carbonyl (C=O) groups excluding carboxylic acids is 2. The molecule has 190 valence electrons. The highest BCUT2D eigenvalue weighted by Crippen LogP contribution is 2.36. The van der Waals surface area contributed by atoms with E-state index in [2.05, 4.69) is 26.2 Å². The first-order chi connectivity index (χ1) is 17.6. The Bertz CT molecular complexity index is 1260. The predicted octanol–water partition coefficient (Wildman–Crippen LogP) is 2.84. The average Bonchev–Trinajstić information content (AvgIpc) is 3.52. The van der Waals surface area contributed by atoms with Crippen molar-refractivity contribution in [3.8, 4) is 17.2 Å². The van der Waals surface area contributed by atoms with Crippen LogP contribution in [-0.2, 0) is 16.1 Å². The highest BCUT2D eigenvalue weighted by atomic mass is 16.7. The van der Waals surface area contributed by atoms with Crippen LogP contribution in [0.3, 0.4) is 0 Å². The van der Waals surface area contributed by atoms with Crippen molar-refractivity contribution in [1.82, 2.24) is 14.8 Å². The van der Waals surface area contributed by atoms with Crippen LogP contribution in [0.5, 0.6) is 17.2 Å². The minimum absolute atomic E-state index is 0.172. The SMILES string of the molecule is COC(=O)c1[nH]c2cccc(OC)c2c1NC(=O)CCN1CCN(Cc2ccc3c(c2)OCO3)CC1. The lowest BCUT2D eigenvalue weighted by molar-refractivity contribution is -0.116. The molecule has 2 aromatic carbocycles. The summed E-state index contributed by atoms with van der Waals surface area (Å²) in [6.07, 6.45) is 0.310. The van der Waals surface area contributed by atoms with Crippen LogP contribution in [0.4, 0.5) is 5.69 Å². The summed E-state index contributed by atoms with van der Waals surface area (Å²) in [5.41, 5.74) is 2.46. The number of hydrogen-bond donors (Lipinski definition) is 2. The van der Waals surface area contributed by atoms with Crippen LogP contribution in [0.15, 0.2) is 36.4 Å². The lowest BCUT2D eigenvalue weighted by Crippen LogP contribution is -2.46. The number of H-pyrrole nitrogens is 1. The Morgan fingerprint density at radius 1 is 1.03 bits per heavy atom. The number of fused-ring (bicyclic) bond motifs is 2. The van der Waals surface area contributed by atoms with Gasteiger partial charge in [-0.1, -0.05) is 12.1 Å². The number of ether oxygens (including phenoxy) is 4. The number of methoxy groups -OCH3 is 2. The van der Waals surface area contributed by atoms with Gasteiger partial charge >= 0.3 is 5.97 Å². The normalized spacial score (nSPS) is 15.7. The van der Waals surface area contributed by atoms with Crippen molar-refractivity contribution in [3.05, 3.63) is 47.7 Å². The molecule has 1 saturated heterocycles. The fourth-order valence-electron chi connectivity index (χ4n) is 4.70. The van der Waals surface area contributed by atoms with Gasteiger partial charge in [0.2, 0.25) is 12.7 Å². The Kier molecular flexibility index (Phi) is 6.97. The van der Waals surface area contributed by atoms with Crippen molar-refractivity contribution in [1.29, 1.82) is 0 Å². The highest BCUT2D eigenvalue weighted by Gasteiger charge is 2.24. The van der Waals surface area contributed by atoms with Crippen LogP contribution in [-0.4, -0.2) is 80.4 Å². The number of rotatable bonds is 8. The molecule has 3 heterocycles. The Labute approximate surface area is 209 Å². The van der Waals surface area contributed by atoms with E-state index in [4.69, 9.17) is 18.9 Å². The third kappa shape index (κ3) is 4.95. The second-order valence-electron chi connectivity index (χ2n) is 8.85. The third-order valence-electron chi connectivity index (χ3n) is 6.62. The number of amides is 1. The first-order valence-corrected chi connectivity index (χ1v) is 12.0. The van der Waals surface area contributed by atoms with E-state index in [0.717, 1.165) is 44.2 Å². The Morgan fingerprint density at radius 3 is 2.58 bits per heavy atom. The minimum atomic E-state index is -0.554. The number of aromatic amines is 1. The largest absolute Gasteiger partial charge is 0.496 e. The molecule has 1 fully saturated rings. The van der Waals surface area contributed by atoms with E-state index < -0.39 is 5.97 Å². The minimum Gasteiger partial charge on any atom is -0.496 e. The van der Waals surface area contributed by atoms with Gasteiger partial charge < -0.3 is 34.1 Å². The summed E-state index contributed by atoms with van der Waals surface area (Å²) < 4.78 is 21.2. The molecule has 0 atom stereocenters. The molecular formula is C26H30N4O6. The first-order valence-electron chi connectivity index (χ1n) is 12.0. The molecule has 0 saturated carbocycles. The topological polar surface area (TPSA) is 105 Å². The highest BCUT2D eigenvalue weighted by molar-refractivity contribution is 6.12. The standard InChI is InChI=1S/C26H30N4O6/c1-33-20-5-3-4-18-23(20)24(25(27-18)26(32)34-2)28-22(31)8-9-29-10-12-30(13-11-29)15-17-6-7-19-21(14-17)36-16-35-19/h3-7,14,27H,8-13,15-16H2,1-2H3,(H,28,31). The maximum atomic E-state index is 12.9. The second-order valence-corrected chi connectivity index (χ2v) is 8.85. The summed E-state index contributed by atoms with van der Waals surface area (Å²) in [6.45, 7) is 5.37. The van der Waals surface area contributed by atoms with Gasteiger partial charge in [-0.2, -0.15) is 0 Å². The molecule has 1 aromatic heterocycles. The molecule has 10 heteroatoms. The maximum Gasteiger partial charge on any atom is 0.356 e. The van der Waals surface area contributed by atoms with Crippen LogP contribution in [0.25, 0.3) is 10.9 Å². The number of nitrogens with one attached hydrogen (secondary N) is 2. The van der Waals surface area contributed by atoms with Gasteiger partial charge in [-0.05, 0) is 29.8 Å². The van der Waals surface area contributed by atoms with Gasteiger partial charge in [-0.25, -0.2) is 4.79 Å². The van der Waals surface area contributed by atoms with E-state index >= 15 is 0 Å². The maximum absolute atomic E-state index is 12.9. The predicted molar refractivity (Wildman–Crippen MR) is 134 cm³/mol. The summed E-state index contributed by atoms with van der Waals surface area (Å²) in [5.74, 6) is 1.44. The molecule has 5 rings (SSSR count). The lowest BCUT2D eigenvalue weighted by Gasteiger charge is -2.34. The van der Waals surface area contributed by atoms with Crippen LogP contribution < -0.4 is 19.5 Å². The van der Waals surface area contributed by atoms with E-state index in [1.54, 1.807) is 13.2 Å². The number of anilines is 1. The summed E-state index contributed by atoms with van der Waals surface area (Å²) in [6, 6.07) is 11.5. The van der Waals surface area contributed by atoms with Crippen LogP contribution in [0, 0.1) is 0 Å².